The minimum absolute atomic E-state index is 0.0810. The largest absolute Gasteiger partial charge is 0.273 e. The van der Waals surface area contributed by atoms with Gasteiger partial charge in [-0.3, -0.25) is 9.59 Å². The molecule has 0 aromatic heterocycles. The number of carbonyl (C=O) groups excluding carboxylic acids is 2. The van der Waals surface area contributed by atoms with Gasteiger partial charge in [0.1, 0.15) is 0 Å². The SMILES string of the molecule is CN(C)N1C(=O)[C@@H]2[C@H](C1=O)[C@@H](c1ccccc1)C=C[C@H]2c1ccccc1. The van der Waals surface area contributed by atoms with E-state index in [-0.39, 0.29) is 35.5 Å². The highest BCUT2D eigenvalue weighted by atomic mass is 16.2. The summed E-state index contributed by atoms with van der Waals surface area (Å²) in [6, 6.07) is 20.0. The molecule has 2 aliphatic rings. The van der Waals surface area contributed by atoms with Crippen LogP contribution < -0.4 is 0 Å². The Balaban J connectivity index is 1.83. The maximum Gasteiger partial charge on any atom is 0.248 e. The average Bonchev–Trinajstić information content (AvgIpc) is 2.94. The number of fused-ring (bicyclic) bond motifs is 1. The van der Waals surface area contributed by atoms with Crippen molar-refractivity contribution in [2.45, 2.75) is 11.8 Å². The lowest BCUT2D eigenvalue weighted by Crippen LogP contribution is -2.42. The number of carbonyl (C=O) groups is 2. The van der Waals surface area contributed by atoms with E-state index in [2.05, 4.69) is 12.2 Å². The molecule has 0 unspecified atom stereocenters. The van der Waals surface area contributed by atoms with Crippen molar-refractivity contribution in [2.75, 3.05) is 14.1 Å². The van der Waals surface area contributed by atoms with E-state index < -0.39 is 0 Å². The molecule has 1 aliphatic carbocycles. The van der Waals surface area contributed by atoms with E-state index in [1.807, 2.05) is 60.7 Å². The van der Waals surface area contributed by atoms with Gasteiger partial charge in [-0.15, -0.1) is 0 Å². The fourth-order valence-electron chi connectivity index (χ4n) is 4.31. The molecule has 26 heavy (non-hydrogen) atoms. The number of amides is 2. The Bertz CT molecular complexity index is 777. The number of allylic oxidation sites excluding steroid dienone is 2. The van der Waals surface area contributed by atoms with Crippen LogP contribution in [0, 0.1) is 11.8 Å². The van der Waals surface area contributed by atoms with E-state index in [9.17, 15) is 9.59 Å². The summed E-state index contributed by atoms with van der Waals surface area (Å²) in [6.07, 6.45) is 4.22. The minimum atomic E-state index is -0.373. The molecular formula is C22H22N2O2. The van der Waals surface area contributed by atoms with Gasteiger partial charge in [0.05, 0.1) is 11.8 Å². The summed E-state index contributed by atoms with van der Waals surface area (Å²) >= 11 is 0. The molecule has 132 valence electrons. The molecule has 0 N–H and O–H groups in total. The summed E-state index contributed by atoms with van der Waals surface area (Å²) < 4.78 is 0. The van der Waals surface area contributed by atoms with Crippen molar-refractivity contribution in [3.63, 3.8) is 0 Å². The zero-order valence-corrected chi connectivity index (χ0v) is 14.9. The first kappa shape index (κ1) is 16.7. The van der Waals surface area contributed by atoms with Gasteiger partial charge in [0, 0.05) is 25.9 Å². The van der Waals surface area contributed by atoms with Crippen LogP contribution in [0.5, 0.6) is 0 Å². The fraction of sp³-hybridized carbons (Fsp3) is 0.273. The molecule has 0 radical (unpaired) electrons. The second kappa shape index (κ2) is 6.54. The third kappa shape index (κ3) is 2.58. The molecule has 0 spiro atoms. The lowest BCUT2D eigenvalue weighted by Gasteiger charge is -2.32. The Morgan fingerprint density at radius 3 is 1.42 bits per heavy atom. The van der Waals surface area contributed by atoms with Gasteiger partial charge < -0.3 is 0 Å². The minimum Gasteiger partial charge on any atom is -0.273 e. The third-order valence-corrected chi connectivity index (χ3v) is 5.44. The molecule has 1 aliphatic heterocycles. The number of rotatable bonds is 3. The van der Waals surface area contributed by atoms with Gasteiger partial charge in [-0.2, -0.15) is 0 Å². The van der Waals surface area contributed by atoms with Crippen LogP contribution in [0.2, 0.25) is 0 Å². The highest BCUT2D eigenvalue weighted by molar-refractivity contribution is 6.06. The van der Waals surface area contributed by atoms with Crippen LogP contribution in [-0.4, -0.2) is 35.9 Å². The number of nitrogens with zero attached hydrogens (tertiary/aromatic N) is 2. The van der Waals surface area contributed by atoms with Crippen molar-refractivity contribution in [2.24, 2.45) is 11.8 Å². The van der Waals surface area contributed by atoms with Crippen LogP contribution in [0.15, 0.2) is 72.8 Å². The smallest absolute Gasteiger partial charge is 0.248 e. The first-order valence-corrected chi connectivity index (χ1v) is 8.93. The summed E-state index contributed by atoms with van der Waals surface area (Å²) in [5, 5.41) is 2.92. The molecule has 1 saturated heterocycles. The molecule has 0 bridgehead atoms. The zero-order valence-electron chi connectivity index (χ0n) is 14.9. The molecule has 0 saturated carbocycles. The fourth-order valence-corrected chi connectivity index (χ4v) is 4.31. The first-order chi connectivity index (χ1) is 12.6. The standard InChI is InChI=1S/C22H22N2O2/c1-23(2)24-21(25)19-17(15-9-5-3-6-10-15)13-14-18(20(19)22(24)26)16-11-7-4-8-12-16/h3-14,17-20H,1-2H3/t17-,18+,19-,20+. The zero-order chi connectivity index (χ0) is 18.3. The van der Waals surface area contributed by atoms with E-state index >= 15 is 0 Å². The Kier molecular flexibility index (Phi) is 4.21. The number of hydrogen-bond donors (Lipinski definition) is 0. The van der Waals surface area contributed by atoms with Crippen LogP contribution in [-0.2, 0) is 9.59 Å². The van der Waals surface area contributed by atoms with Crippen LogP contribution in [0.25, 0.3) is 0 Å². The molecule has 4 nitrogen and oxygen atoms in total. The number of imide groups is 1. The summed E-state index contributed by atoms with van der Waals surface area (Å²) in [6.45, 7) is 0. The van der Waals surface area contributed by atoms with Crippen molar-refractivity contribution in [1.82, 2.24) is 10.0 Å². The summed E-state index contributed by atoms with van der Waals surface area (Å²) in [7, 11) is 3.49. The van der Waals surface area contributed by atoms with E-state index in [4.69, 9.17) is 0 Å². The molecule has 4 rings (SSSR count). The van der Waals surface area contributed by atoms with Gasteiger partial charge in [-0.25, -0.2) is 10.0 Å². The average molecular weight is 346 g/mol. The van der Waals surface area contributed by atoms with Crippen LogP contribution >= 0.6 is 0 Å². The maximum absolute atomic E-state index is 13.2. The molecule has 2 aromatic rings. The summed E-state index contributed by atoms with van der Waals surface area (Å²) in [5.74, 6) is -1.12. The Morgan fingerprint density at radius 2 is 1.08 bits per heavy atom. The van der Waals surface area contributed by atoms with Crippen molar-refractivity contribution in [3.05, 3.63) is 83.9 Å². The summed E-state index contributed by atoms with van der Waals surface area (Å²) in [4.78, 5) is 26.4. The van der Waals surface area contributed by atoms with Crippen molar-refractivity contribution in [3.8, 4) is 0 Å². The lowest BCUT2D eigenvalue weighted by atomic mass is 9.68. The van der Waals surface area contributed by atoms with Crippen molar-refractivity contribution in [1.29, 1.82) is 0 Å². The molecule has 1 heterocycles. The van der Waals surface area contributed by atoms with E-state index in [1.165, 1.54) is 5.01 Å². The number of benzene rings is 2. The predicted octanol–water partition coefficient (Wildman–Crippen LogP) is 3.20. The number of hydrogen-bond acceptors (Lipinski definition) is 3. The van der Waals surface area contributed by atoms with Gasteiger partial charge in [0.25, 0.3) is 0 Å². The topological polar surface area (TPSA) is 40.6 Å². The Morgan fingerprint density at radius 1 is 0.692 bits per heavy atom. The maximum atomic E-state index is 13.2. The molecule has 2 amide bonds. The molecule has 2 aromatic carbocycles. The normalized spacial score (nSPS) is 27.9. The highest BCUT2D eigenvalue weighted by Gasteiger charge is 2.55. The molecular weight excluding hydrogens is 324 g/mol. The second-order valence-electron chi connectivity index (χ2n) is 7.14. The highest BCUT2D eigenvalue weighted by Crippen LogP contribution is 2.49. The molecule has 4 heteroatoms. The third-order valence-electron chi connectivity index (χ3n) is 5.44. The van der Waals surface area contributed by atoms with Crippen LogP contribution in [0.4, 0.5) is 0 Å². The van der Waals surface area contributed by atoms with Crippen molar-refractivity contribution < 1.29 is 9.59 Å². The van der Waals surface area contributed by atoms with E-state index in [0.717, 1.165) is 11.1 Å². The van der Waals surface area contributed by atoms with Crippen LogP contribution in [0.3, 0.4) is 0 Å². The Labute approximate surface area is 153 Å². The van der Waals surface area contributed by atoms with Gasteiger partial charge in [0.2, 0.25) is 11.8 Å². The Hall–Kier alpha value is -2.72. The van der Waals surface area contributed by atoms with Gasteiger partial charge in [0.15, 0.2) is 0 Å². The van der Waals surface area contributed by atoms with Crippen molar-refractivity contribution >= 4 is 11.8 Å². The van der Waals surface area contributed by atoms with Gasteiger partial charge >= 0.3 is 0 Å². The second-order valence-corrected chi connectivity index (χ2v) is 7.14. The molecule has 4 atom stereocenters. The van der Waals surface area contributed by atoms with E-state index in [1.54, 1.807) is 19.1 Å². The van der Waals surface area contributed by atoms with E-state index in [0.29, 0.717) is 0 Å². The quantitative estimate of drug-likeness (QED) is 0.633. The summed E-state index contributed by atoms with van der Waals surface area (Å²) in [5.41, 5.74) is 2.15. The van der Waals surface area contributed by atoms with Gasteiger partial charge in [-0.05, 0) is 11.1 Å². The monoisotopic (exact) mass is 346 g/mol. The lowest BCUT2D eigenvalue weighted by molar-refractivity contribution is -0.154. The number of hydrazine groups is 1. The first-order valence-electron chi connectivity index (χ1n) is 8.93. The van der Waals surface area contributed by atoms with Gasteiger partial charge in [-0.1, -0.05) is 72.8 Å². The predicted molar refractivity (Wildman–Crippen MR) is 100 cm³/mol. The molecule has 1 fully saturated rings. The van der Waals surface area contributed by atoms with Crippen LogP contribution in [0.1, 0.15) is 23.0 Å².